The van der Waals surface area contributed by atoms with Crippen molar-refractivity contribution in [1.82, 2.24) is 9.78 Å². The van der Waals surface area contributed by atoms with Gasteiger partial charge in [-0.05, 0) is 22.0 Å². The topological polar surface area (TPSA) is 60.9 Å². The van der Waals surface area contributed by atoms with E-state index < -0.39 is 5.91 Å². The van der Waals surface area contributed by atoms with E-state index in [4.69, 9.17) is 17.3 Å². The number of hydrogen-bond acceptors (Lipinski definition) is 3. The number of aryl methyl sites for hydroxylation is 1. The van der Waals surface area contributed by atoms with Crippen LogP contribution in [-0.2, 0) is 7.05 Å². The zero-order chi connectivity index (χ0) is 11.9. The molecule has 2 aromatic rings. The number of rotatable bonds is 2. The van der Waals surface area contributed by atoms with Crippen LogP contribution in [0.25, 0.3) is 11.3 Å². The van der Waals surface area contributed by atoms with Crippen molar-refractivity contribution in [3.05, 3.63) is 25.9 Å². The summed E-state index contributed by atoms with van der Waals surface area (Å²) >= 11 is 10.4. The lowest BCUT2D eigenvalue weighted by Crippen LogP contribution is -2.10. The van der Waals surface area contributed by atoms with Gasteiger partial charge < -0.3 is 5.73 Å². The summed E-state index contributed by atoms with van der Waals surface area (Å²) in [5.74, 6) is -0.486. The molecule has 0 atom stereocenters. The third kappa shape index (κ3) is 1.88. The Bertz CT molecular complexity index is 544. The van der Waals surface area contributed by atoms with E-state index in [1.165, 1.54) is 11.3 Å². The zero-order valence-electron chi connectivity index (χ0n) is 8.20. The van der Waals surface area contributed by atoms with Crippen LogP contribution in [0.15, 0.2) is 16.7 Å². The van der Waals surface area contributed by atoms with Gasteiger partial charge in [-0.2, -0.15) is 5.10 Å². The second-order valence-electron chi connectivity index (χ2n) is 3.12. The molecule has 0 aliphatic carbocycles. The monoisotopic (exact) mass is 319 g/mol. The molecule has 84 valence electrons. The summed E-state index contributed by atoms with van der Waals surface area (Å²) in [6.07, 6.45) is 1.66. The highest BCUT2D eigenvalue weighted by atomic mass is 79.9. The first kappa shape index (κ1) is 11.6. The van der Waals surface area contributed by atoms with Crippen LogP contribution in [0.2, 0.25) is 4.34 Å². The lowest BCUT2D eigenvalue weighted by Gasteiger charge is -2.02. The van der Waals surface area contributed by atoms with E-state index in [0.29, 0.717) is 14.8 Å². The van der Waals surface area contributed by atoms with E-state index in [-0.39, 0.29) is 0 Å². The predicted molar refractivity (Wildman–Crippen MR) is 67.7 cm³/mol. The molecule has 0 aromatic carbocycles. The number of hydrogen-bond donors (Lipinski definition) is 1. The number of halogens is 2. The number of primary amides is 1. The average Bonchev–Trinajstić information content (AvgIpc) is 2.70. The first-order valence-corrected chi connectivity index (χ1v) is 6.26. The Kier molecular flexibility index (Phi) is 3.05. The molecule has 0 spiro atoms. The number of nitrogens with two attached hydrogens (primary N) is 1. The van der Waals surface area contributed by atoms with Crippen molar-refractivity contribution in [2.24, 2.45) is 12.8 Å². The Balaban J connectivity index is 2.68. The molecule has 2 aromatic heterocycles. The lowest BCUT2D eigenvalue weighted by atomic mass is 10.2. The fourth-order valence-corrected chi connectivity index (χ4v) is 3.07. The summed E-state index contributed by atoms with van der Waals surface area (Å²) in [6, 6.07) is 1.72. The van der Waals surface area contributed by atoms with Gasteiger partial charge in [-0.25, -0.2) is 0 Å². The van der Waals surface area contributed by atoms with Crippen molar-refractivity contribution in [2.45, 2.75) is 0 Å². The number of nitrogens with zero attached hydrogens (tertiary/aromatic N) is 2. The molecule has 0 aliphatic rings. The van der Waals surface area contributed by atoms with Crippen molar-refractivity contribution in [2.75, 3.05) is 0 Å². The normalized spacial score (nSPS) is 10.7. The van der Waals surface area contributed by atoms with Gasteiger partial charge in [-0.15, -0.1) is 11.3 Å². The summed E-state index contributed by atoms with van der Waals surface area (Å²) in [4.78, 5) is 11.7. The van der Waals surface area contributed by atoms with Gasteiger partial charge in [0.25, 0.3) is 5.91 Å². The van der Waals surface area contributed by atoms with E-state index >= 15 is 0 Å². The van der Waals surface area contributed by atoms with Crippen LogP contribution in [0.5, 0.6) is 0 Å². The molecule has 0 saturated heterocycles. The standard InChI is InChI=1S/C9H7BrClN3OS/c1-14-7(5(10)3-13-14)4-2-6(11)16-8(4)9(12)15/h2-3H,1H3,(H2,12,15). The van der Waals surface area contributed by atoms with E-state index in [0.717, 1.165) is 10.2 Å². The Morgan fingerprint density at radius 1 is 1.69 bits per heavy atom. The molecule has 2 rings (SSSR count). The summed E-state index contributed by atoms with van der Waals surface area (Å²) in [5, 5.41) is 4.08. The fraction of sp³-hybridized carbons (Fsp3) is 0.111. The minimum atomic E-state index is -0.486. The van der Waals surface area contributed by atoms with Crippen LogP contribution in [0.4, 0.5) is 0 Å². The maximum atomic E-state index is 11.3. The Morgan fingerprint density at radius 2 is 2.38 bits per heavy atom. The van der Waals surface area contributed by atoms with Crippen molar-refractivity contribution >= 4 is 44.8 Å². The second-order valence-corrected chi connectivity index (χ2v) is 5.66. The molecule has 4 nitrogen and oxygen atoms in total. The molecule has 7 heteroatoms. The van der Waals surface area contributed by atoms with Crippen LogP contribution >= 0.6 is 38.9 Å². The maximum absolute atomic E-state index is 11.3. The molecule has 0 aliphatic heterocycles. The molecule has 16 heavy (non-hydrogen) atoms. The highest BCUT2D eigenvalue weighted by Gasteiger charge is 2.19. The minimum Gasteiger partial charge on any atom is -0.365 e. The van der Waals surface area contributed by atoms with Crippen LogP contribution < -0.4 is 5.73 Å². The van der Waals surface area contributed by atoms with E-state index in [1.807, 2.05) is 0 Å². The van der Waals surface area contributed by atoms with Gasteiger partial charge in [0.05, 0.1) is 20.7 Å². The minimum absolute atomic E-state index is 0.439. The van der Waals surface area contributed by atoms with Crippen molar-refractivity contribution in [1.29, 1.82) is 0 Å². The summed E-state index contributed by atoms with van der Waals surface area (Å²) < 4.78 is 2.98. The van der Waals surface area contributed by atoms with E-state index in [9.17, 15) is 4.79 Å². The third-order valence-electron chi connectivity index (χ3n) is 2.08. The third-order valence-corrected chi connectivity index (χ3v) is 3.93. The molecular formula is C9H7BrClN3OS. The van der Waals surface area contributed by atoms with Crippen LogP contribution in [0, 0.1) is 0 Å². The van der Waals surface area contributed by atoms with Crippen molar-refractivity contribution in [3.8, 4) is 11.3 Å². The first-order valence-electron chi connectivity index (χ1n) is 4.27. The number of carbonyl (C=O) groups is 1. The molecule has 0 fully saturated rings. The van der Waals surface area contributed by atoms with Gasteiger partial charge in [0.15, 0.2) is 0 Å². The Labute approximate surface area is 109 Å². The highest BCUT2D eigenvalue weighted by molar-refractivity contribution is 9.10. The van der Waals surface area contributed by atoms with Gasteiger partial charge in [-0.1, -0.05) is 11.6 Å². The molecule has 1 amide bonds. The zero-order valence-corrected chi connectivity index (χ0v) is 11.4. The first-order chi connectivity index (χ1) is 7.50. The van der Waals surface area contributed by atoms with Gasteiger partial charge in [0, 0.05) is 12.6 Å². The Morgan fingerprint density at radius 3 is 2.88 bits per heavy atom. The number of carbonyl (C=O) groups excluding carboxylic acids is 1. The van der Waals surface area contributed by atoms with Gasteiger partial charge in [0.1, 0.15) is 4.88 Å². The maximum Gasteiger partial charge on any atom is 0.259 e. The summed E-state index contributed by atoms with van der Waals surface area (Å²) in [7, 11) is 1.79. The summed E-state index contributed by atoms with van der Waals surface area (Å²) in [6.45, 7) is 0. The smallest absolute Gasteiger partial charge is 0.259 e. The summed E-state index contributed by atoms with van der Waals surface area (Å²) in [5.41, 5.74) is 6.79. The van der Waals surface area contributed by atoms with Gasteiger partial charge in [0.2, 0.25) is 0 Å². The van der Waals surface area contributed by atoms with Crippen LogP contribution in [0.1, 0.15) is 9.67 Å². The van der Waals surface area contributed by atoms with Crippen molar-refractivity contribution in [3.63, 3.8) is 0 Å². The SMILES string of the molecule is Cn1ncc(Br)c1-c1cc(Cl)sc1C(N)=O. The van der Waals surface area contributed by atoms with Gasteiger partial charge >= 0.3 is 0 Å². The number of amides is 1. The van der Waals surface area contributed by atoms with Crippen molar-refractivity contribution < 1.29 is 4.79 Å². The lowest BCUT2D eigenvalue weighted by molar-refractivity contribution is 0.100. The molecule has 2 N–H and O–H groups in total. The molecule has 2 heterocycles. The van der Waals surface area contributed by atoms with E-state index in [2.05, 4.69) is 21.0 Å². The largest absolute Gasteiger partial charge is 0.365 e. The molecular weight excluding hydrogens is 314 g/mol. The number of aromatic nitrogens is 2. The number of thiophene rings is 1. The quantitative estimate of drug-likeness (QED) is 0.924. The molecule has 0 bridgehead atoms. The molecule has 0 unspecified atom stereocenters. The molecule has 0 saturated carbocycles. The van der Waals surface area contributed by atoms with Crippen LogP contribution in [-0.4, -0.2) is 15.7 Å². The average molecular weight is 321 g/mol. The van der Waals surface area contributed by atoms with Crippen LogP contribution in [0.3, 0.4) is 0 Å². The Hall–Kier alpha value is -0.850. The second kappa shape index (κ2) is 4.20. The predicted octanol–water partition coefficient (Wildman–Crippen LogP) is 2.66. The van der Waals surface area contributed by atoms with Gasteiger partial charge in [-0.3, -0.25) is 9.48 Å². The molecule has 0 radical (unpaired) electrons. The fourth-order valence-electron chi connectivity index (χ4n) is 1.43. The van der Waals surface area contributed by atoms with E-state index in [1.54, 1.807) is 24.0 Å². The highest BCUT2D eigenvalue weighted by Crippen LogP contribution is 2.37.